The Balaban J connectivity index is 2.22. The standard InChI is InChI=1S/C21H14O3/c22-15-7-6-12-20-18(14-13-16-8-2-1-3-9-16)17-10-4-5-11-19(17)21(23)24-20/h1-5,8-11,22H,7,15H2. The summed E-state index contributed by atoms with van der Waals surface area (Å²) in [6.45, 7) is -0.0458. The summed E-state index contributed by atoms with van der Waals surface area (Å²) in [5, 5.41) is 10.1. The van der Waals surface area contributed by atoms with Crippen LogP contribution in [0.15, 0.2) is 63.8 Å². The lowest BCUT2D eigenvalue weighted by Gasteiger charge is -2.02. The summed E-state index contributed by atoms with van der Waals surface area (Å²) in [5.74, 6) is 12.0. The first-order valence-electron chi connectivity index (χ1n) is 7.52. The first kappa shape index (κ1) is 15.6. The number of hydrogen-bond donors (Lipinski definition) is 1. The van der Waals surface area contributed by atoms with Crippen LogP contribution in [-0.4, -0.2) is 11.7 Å². The van der Waals surface area contributed by atoms with Crippen molar-refractivity contribution in [2.45, 2.75) is 6.42 Å². The largest absolute Gasteiger partial charge is 0.412 e. The number of hydrogen-bond acceptors (Lipinski definition) is 3. The maximum atomic E-state index is 12.1. The van der Waals surface area contributed by atoms with Gasteiger partial charge in [0.1, 0.15) is 0 Å². The minimum absolute atomic E-state index is 0.0458. The van der Waals surface area contributed by atoms with Gasteiger partial charge in [0.25, 0.3) is 0 Å². The average Bonchev–Trinajstić information content (AvgIpc) is 2.62. The first-order valence-corrected chi connectivity index (χ1v) is 7.52. The number of fused-ring (bicyclic) bond motifs is 1. The van der Waals surface area contributed by atoms with Crippen molar-refractivity contribution in [3.8, 4) is 23.7 Å². The van der Waals surface area contributed by atoms with Crippen LogP contribution in [0.5, 0.6) is 0 Å². The average molecular weight is 314 g/mol. The van der Waals surface area contributed by atoms with Crippen LogP contribution >= 0.6 is 0 Å². The third-order valence-electron chi connectivity index (χ3n) is 3.38. The second-order valence-corrected chi connectivity index (χ2v) is 5.03. The molecule has 0 aliphatic carbocycles. The van der Waals surface area contributed by atoms with E-state index in [1.165, 1.54) is 0 Å². The second-order valence-electron chi connectivity index (χ2n) is 5.03. The van der Waals surface area contributed by atoms with E-state index < -0.39 is 5.63 Å². The third kappa shape index (κ3) is 3.38. The Kier molecular flexibility index (Phi) is 4.77. The van der Waals surface area contributed by atoms with E-state index in [9.17, 15) is 4.79 Å². The lowest BCUT2D eigenvalue weighted by Crippen LogP contribution is -2.03. The third-order valence-corrected chi connectivity index (χ3v) is 3.38. The number of aliphatic hydroxyl groups excluding tert-OH is 1. The summed E-state index contributed by atoms with van der Waals surface area (Å²) in [5.41, 5.74) is 1.01. The van der Waals surface area contributed by atoms with Crippen LogP contribution < -0.4 is 5.63 Å². The van der Waals surface area contributed by atoms with Gasteiger partial charge in [-0.25, -0.2) is 4.79 Å². The van der Waals surface area contributed by atoms with E-state index in [2.05, 4.69) is 23.7 Å². The van der Waals surface area contributed by atoms with Crippen molar-refractivity contribution in [3.05, 3.63) is 81.9 Å². The highest BCUT2D eigenvalue weighted by atomic mass is 16.4. The zero-order valence-corrected chi connectivity index (χ0v) is 12.9. The smallest absolute Gasteiger partial charge is 0.344 e. The Morgan fingerprint density at radius 2 is 1.58 bits per heavy atom. The fourth-order valence-corrected chi connectivity index (χ4v) is 2.27. The number of rotatable bonds is 1. The number of aliphatic hydroxyl groups is 1. The summed E-state index contributed by atoms with van der Waals surface area (Å²) in [6.07, 6.45) is 0.308. The summed E-state index contributed by atoms with van der Waals surface area (Å²) >= 11 is 0. The van der Waals surface area contributed by atoms with E-state index in [1.54, 1.807) is 12.1 Å². The molecule has 1 N–H and O–H groups in total. The van der Waals surface area contributed by atoms with Gasteiger partial charge in [0.05, 0.1) is 17.6 Å². The Morgan fingerprint density at radius 1 is 0.875 bits per heavy atom. The van der Waals surface area contributed by atoms with Crippen LogP contribution in [0, 0.1) is 23.7 Å². The Labute approximate surface area is 139 Å². The molecule has 0 unspecified atom stereocenters. The first-order chi connectivity index (χ1) is 11.8. The van der Waals surface area contributed by atoms with Gasteiger partial charge in [0.15, 0.2) is 5.76 Å². The van der Waals surface area contributed by atoms with E-state index in [1.807, 2.05) is 42.5 Å². The van der Waals surface area contributed by atoms with Crippen molar-refractivity contribution < 1.29 is 9.52 Å². The Morgan fingerprint density at radius 3 is 2.33 bits per heavy atom. The Bertz CT molecular complexity index is 1040. The molecule has 0 fully saturated rings. The molecule has 0 radical (unpaired) electrons. The molecule has 3 nitrogen and oxygen atoms in total. The fourth-order valence-electron chi connectivity index (χ4n) is 2.27. The molecule has 1 aromatic heterocycles. The topological polar surface area (TPSA) is 50.4 Å². The van der Waals surface area contributed by atoms with Gasteiger partial charge in [0.2, 0.25) is 0 Å². The monoisotopic (exact) mass is 314 g/mol. The molecule has 0 saturated heterocycles. The molecule has 0 spiro atoms. The molecule has 24 heavy (non-hydrogen) atoms. The molecule has 0 saturated carbocycles. The van der Waals surface area contributed by atoms with E-state index in [0.29, 0.717) is 22.8 Å². The predicted octanol–water partition coefficient (Wildman–Crippen LogP) is 2.93. The van der Waals surface area contributed by atoms with Gasteiger partial charge < -0.3 is 9.52 Å². The SMILES string of the molecule is O=c1oc(C#CCCO)c(C#Cc2ccccc2)c2ccccc12. The molecule has 0 atom stereocenters. The molecule has 1 heterocycles. The molecular formula is C21H14O3. The molecule has 116 valence electrons. The van der Waals surface area contributed by atoms with Gasteiger partial charge in [-0.2, -0.15) is 0 Å². The summed E-state index contributed by atoms with van der Waals surface area (Å²) < 4.78 is 5.34. The van der Waals surface area contributed by atoms with Crippen molar-refractivity contribution in [1.82, 2.24) is 0 Å². The second kappa shape index (κ2) is 7.33. The highest BCUT2D eigenvalue weighted by molar-refractivity contribution is 5.88. The summed E-state index contributed by atoms with van der Waals surface area (Å²) in [4.78, 5) is 12.1. The van der Waals surface area contributed by atoms with Gasteiger partial charge >= 0.3 is 5.63 Å². The van der Waals surface area contributed by atoms with Gasteiger partial charge in [-0.3, -0.25) is 0 Å². The van der Waals surface area contributed by atoms with Crippen LogP contribution in [0.4, 0.5) is 0 Å². The predicted molar refractivity (Wildman–Crippen MR) is 93.5 cm³/mol. The van der Waals surface area contributed by atoms with Gasteiger partial charge in [0, 0.05) is 17.4 Å². The molecule has 0 bridgehead atoms. The molecule has 2 aromatic carbocycles. The molecule has 3 aromatic rings. The fraction of sp³-hybridized carbons (Fsp3) is 0.0952. The molecular weight excluding hydrogens is 300 g/mol. The van der Waals surface area contributed by atoms with Crippen LogP contribution in [0.1, 0.15) is 23.3 Å². The minimum atomic E-state index is -0.441. The molecule has 0 aliphatic rings. The molecule has 0 aliphatic heterocycles. The van der Waals surface area contributed by atoms with Crippen LogP contribution in [-0.2, 0) is 0 Å². The van der Waals surface area contributed by atoms with Gasteiger partial charge in [-0.15, -0.1) is 0 Å². The van der Waals surface area contributed by atoms with Crippen LogP contribution in [0.3, 0.4) is 0 Å². The van der Waals surface area contributed by atoms with E-state index >= 15 is 0 Å². The lowest BCUT2D eigenvalue weighted by atomic mass is 10.1. The normalized spacial score (nSPS) is 9.71. The highest BCUT2D eigenvalue weighted by Gasteiger charge is 2.10. The maximum Gasteiger partial charge on any atom is 0.344 e. The Hall–Kier alpha value is -3.27. The van der Waals surface area contributed by atoms with Gasteiger partial charge in [-0.05, 0) is 24.1 Å². The van der Waals surface area contributed by atoms with Crippen LogP contribution in [0.25, 0.3) is 10.8 Å². The molecule has 0 amide bonds. The highest BCUT2D eigenvalue weighted by Crippen LogP contribution is 2.18. The van der Waals surface area contributed by atoms with Crippen molar-refractivity contribution in [2.24, 2.45) is 0 Å². The zero-order valence-electron chi connectivity index (χ0n) is 12.9. The van der Waals surface area contributed by atoms with Crippen molar-refractivity contribution in [1.29, 1.82) is 0 Å². The van der Waals surface area contributed by atoms with Crippen LogP contribution in [0.2, 0.25) is 0 Å². The van der Waals surface area contributed by atoms with Crippen molar-refractivity contribution in [2.75, 3.05) is 6.61 Å². The number of benzene rings is 2. The summed E-state index contributed by atoms with van der Waals surface area (Å²) in [7, 11) is 0. The lowest BCUT2D eigenvalue weighted by molar-refractivity contribution is 0.305. The van der Waals surface area contributed by atoms with Crippen molar-refractivity contribution in [3.63, 3.8) is 0 Å². The zero-order chi connectivity index (χ0) is 16.8. The van der Waals surface area contributed by atoms with E-state index in [0.717, 1.165) is 5.56 Å². The maximum absolute atomic E-state index is 12.1. The molecule has 3 rings (SSSR count). The van der Waals surface area contributed by atoms with Crippen molar-refractivity contribution >= 4 is 10.8 Å². The van der Waals surface area contributed by atoms with Gasteiger partial charge in [-0.1, -0.05) is 54.2 Å². The summed E-state index contributed by atoms with van der Waals surface area (Å²) in [6, 6.07) is 16.7. The minimum Gasteiger partial charge on any atom is -0.412 e. The van der Waals surface area contributed by atoms with E-state index in [-0.39, 0.29) is 12.4 Å². The molecule has 3 heteroatoms. The quantitative estimate of drug-likeness (QED) is 0.703. The van der Waals surface area contributed by atoms with E-state index in [4.69, 9.17) is 9.52 Å².